The average Bonchev–Trinajstić information content (AvgIpc) is 3.16. The molecule has 0 unspecified atom stereocenters. The van der Waals surface area contributed by atoms with Gasteiger partial charge in [0.2, 0.25) is 0 Å². The third kappa shape index (κ3) is 4.05. The van der Waals surface area contributed by atoms with Crippen molar-refractivity contribution in [1.82, 2.24) is 0 Å². The molecule has 3 N–H and O–H groups in total. The summed E-state index contributed by atoms with van der Waals surface area (Å²) in [7, 11) is 0. The molecule has 37 heavy (non-hydrogen) atoms. The molecule has 0 bridgehead atoms. The van der Waals surface area contributed by atoms with Crippen molar-refractivity contribution in [3.05, 3.63) is 89.3 Å². The summed E-state index contributed by atoms with van der Waals surface area (Å²) in [5.74, 6) is -1.68. The minimum absolute atomic E-state index is 0.000506. The zero-order chi connectivity index (χ0) is 27.2. The molecule has 1 aliphatic rings. The molecule has 3 aromatic rings. The Labute approximate surface area is 232 Å². The molecule has 0 aromatic heterocycles. The Morgan fingerprint density at radius 3 is 1.65 bits per heavy atom. The smallest absolute Gasteiger partial charge is 0.340 e. The quantitative estimate of drug-likeness (QED) is 0.242. The van der Waals surface area contributed by atoms with E-state index in [-0.39, 0.29) is 22.6 Å². The molecular weight excluding hydrogens is 604 g/mol. The number of phenols is 2. The number of carboxylic acid groups (broad SMARTS) is 1. The maximum Gasteiger partial charge on any atom is 0.340 e. The number of aromatic hydroxyl groups is 2. The van der Waals surface area contributed by atoms with Gasteiger partial charge >= 0.3 is 11.9 Å². The van der Waals surface area contributed by atoms with Gasteiger partial charge in [-0.3, -0.25) is 0 Å². The number of esters is 1. The number of cyclic esters (lactones) is 1. The minimum atomic E-state index is -1.60. The zero-order valence-corrected chi connectivity index (χ0v) is 24.2. The Kier molecular flexibility index (Phi) is 7.45. The molecule has 6 nitrogen and oxygen atoms in total. The van der Waals surface area contributed by atoms with Gasteiger partial charge in [-0.25, -0.2) is 9.59 Å². The van der Waals surface area contributed by atoms with Crippen molar-refractivity contribution < 1.29 is 29.6 Å². The molecule has 0 amide bonds. The summed E-state index contributed by atoms with van der Waals surface area (Å²) >= 11 is 7.35. The summed E-state index contributed by atoms with van der Waals surface area (Å²) in [6.45, 7) is 7.81. The normalized spacial score (nSPS) is 13.9. The number of fused-ring (bicyclic) bond motifs is 1. The van der Waals surface area contributed by atoms with Crippen LogP contribution in [0.15, 0.2) is 39.3 Å². The third-order valence-corrected chi connectivity index (χ3v) is 9.09. The van der Waals surface area contributed by atoms with Crippen molar-refractivity contribution in [2.45, 2.75) is 59.0 Å². The van der Waals surface area contributed by atoms with E-state index in [9.17, 15) is 24.9 Å². The average molecular weight is 632 g/mol. The van der Waals surface area contributed by atoms with Gasteiger partial charge in [0, 0.05) is 36.8 Å². The minimum Gasteiger partial charge on any atom is -0.508 e. The molecule has 3 aromatic carbocycles. The van der Waals surface area contributed by atoms with Gasteiger partial charge in [0.05, 0.1) is 11.1 Å². The second-order valence-electron chi connectivity index (χ2n) is 8.98. The lowest BCUT2D eigenvalue weighted by molar-refractivity contribution is 0.0245. The van der Waals surface area contributed by atoms with E-state index in [1.54, 1.807) is 12.1 Å². The van der Waals surface area contributed by atoms with Crippen LogP contribution < -0.4 is 0 Å². The Hall–Kier alpha value is -2.84. The number of carbonyl (C=O) groups is 2. The number of carbonyl (C=O) groups excluding carboxylic acids is 1. The number of phenolic OH excluding ortho intramolecular Hbond substituents is 2. The van der Waals surface area contributed by atoms with E-state index < -0.39 is 17.5 Å². The third-order valence-electron chi connectivity index (χ3n) is 7.17. The van der Waals surface area contributed by atoms with Gasteiger partial charge in [0.15, 0.2) is 5.60 Å². The van der Waals surface area contributed by atoms with Crippen LogP contribution in [-0.4, -0.2) is 27.3 Å². The predicted molar refractivity (Wildman–Crippen MR) is 148 cm³/mol. The summed E-state index contributed by atoms with van der Waals surface area (Å²) in [4.78, 5) is 25.4. The van der Waals surface area contributed by atoms with E-state index in [0.717, 1.165) is 22.3 Å². The first kappa shape index (κ1) is 27.2. The number of hydrogen-bond donors (Lipinski definition) is 3. The van der Waals surface area contributed by atoms with E-state index in [1.807, 2.05) is 27.7 Å². The number of aromatic carboxylic acids is 1. The summed E-state index contributed by atoms with van der Waals surface area (Å²) in [5, 5.41) is 31.9. The number of hydrogen-bond acceptors (Lipinski definition) is 5. The summed E-state index contributed by atoms with van der Waals surface area (Å²) < 4.78 is 7.69. The van der Waals surface area contributed by atoms with E-state index in [4.69, 9.17) is 4.74 Å². The summed E-state index contributed by atoms with van der Waals surface area (Å²) in [6, 6.07) is 7.51. The van der Waals surface area contributed by atoms with Gasteiger partial charge in [-0.05, 0) is 67.1 Å². The molecule has 0 fully saturated rings. The van der Waals surface area contributed by atoms with E-state index in [1.165, 1.54) is 18.2 Å². The Bertz CT molecular complexity index is 1380. The standard InChI is InChI=1S/C29H28Br2O6/c1-5-15-21(12-23(32)17(7-3)25(15)30)29(22-13-24(33)18(8-4)26(31)16(22)6-2)20-11-14(27(34)35)9-10-19(20)28(36)37-29/h9-13,32-33H,5-8H2,1-4H3,(H,34,35). The van der Waals surface area contributed by atoms with E-state index in [0.29, 0.717) is 51.3 Å². The second kappa shape index (κ2) is 10.1. The summed E-state index contributed by atoms with van der Waals surface area (Å²) in [5.41, 5.74) is 3.08. The monoisotopic (exact) mass is 630 g/mol. The maximum absolute atomic E-state index is 13.4. The molecule has 0 saturated heterocycles. The van der Waals surface area contributed by atoms with Crippen LogP contribution in [0.1, 0.15) is 87.4 Å². The molecule has 0 spiro atoms. The van der Waals surface area contributed by atoms with Crippen LogP contribution in [0.5, 0.6) is 11.5 Å². The highest BCUT2D eigenvalue weighted by Gasteiger charge is 2.52. The second-order valence-corrected chi connectivity index (χ2v) is 10.6. The zero-order valence-electron chi connectivity index (χ0n) is 21.0. The van der Waals surface area contributed by atoms with Crippen molar-refractivity contribution in [1.29, 1.82) is 0 Å². The van der Waals surface area contributed by atoms with Crippen LogP contribution in [0.2, 0.25) is 0 Å². The SMILES string of the molecule is CCc1c(O)cc(C2(c3cc(O)c(CC)c(Br)c3CC)OC(=O)c3ccc(C(=O)O)cc32)c(CC)c1Br. The first-order valence-electron chi connectivity index (χ1n) is 12.3. The largest absolute Gasteiger partial charge is 0.508 e. The molecule has 194 valence electrons. The lowest BCUT2D eigenvalue weighted by Crippen LogP contribution is -2.33. The van der Waals surface area contributed by atoms with Crippen LogP contribution in [-0.2, 0) is 36.0 Å². The van der Waals surface area contributed by atoms with Crippen LogP contribution in [0, 0.1) is 0 Å². The highest BCUT2D eigenvalue weighted by Crippen LogP contribution is 2.54. The molecule has 4 rings (SSSR count). The Morgan fingerprint density at radius 2 is 1.24 bits per heavy atom. The van der Waals surface area contributed by atoms with Crippen molar-refractivity contribution >= 4 is 43.8 Å². The lowest BCUT2D eigenvalue weighted by atomic mass is 9.74. The topological polar surface area (TPSA) is 104 Å². The molecule has 8 heteroatoms. The number of rotatable bonds is 7. The van der Waals surface area contributed by atoms with Gasteiger partial charge in [-0.1, -0.05) is 59.6 Å². The maximum atomic E-state index is 13.4. The van der Waals surface area contributed by atoms with Crippen LogP contribution in [0.4, 0.5) is 0 Å². The molecule has 0 atom stereocenters. The van der Waals surface area contributed by atoms with Crippen LogP contribution >= 0.6 is 31.9 Å². The molecule has 1 heterocycles. The molecule has 0 aliphatic carbocycles. The van der Waals surface area contributed by atoms with E-state index >= 15 is 0 Å². The number of carboxylic acids is 1. The number of ether oxygens (including phenoxy) is 1. The fraction of sp³-hybridized carbons (Fsp3) is 0.310. The van der Waals surface area contributed by atoms with Gasteiger partial charge < -0.3 is 20.1 Å². The highest BCUT2D eigenvalue weighted by molar-refractivity contribution is 9.11. The molecular formula is C29H28Br2O6. The van der Waals surface area contributed by atoms with E-state index in [2.05, 4.69) is 31.9 Å². The van der Waals surface area contributed by atoms with Crippen molar-refractivity contribution in [2.75, 3.05) is 0 Å². The van der Waals surface area contributed by atoms with Gasteiger partial charge in [-0.2, -0.15) is 0 Å². The molecule has 1 aliphatic heterocycles. The Morgan fingerprint density at radius 1 is 0.784 bits per heavy atom. The first-order chi connectivity index (χ1) is 17.6. The van der Waals surface area contributed by atoms with Crippen LogP contribution in [0.3, 0.4) is 0 Å². The van der Waals surface area contributed by atoms with Crippen molar-refractivity contribution in [3.63, 3.8) is 0 Å². The predicted octanol–water partition coefficient (Wildman–Crippen LogP) is 7.03. The van der Waals surface area contributed by atoms with Gasteiger partial charge in [0.1, 0.15) is 11.5 Å². The molecule has 0 radical (unpaired) electrons. The molecule has 0 saturated carbocycles. The lowest BCUT2D eigenvalue weighted by Gasteiger charge is -2.35. The van der Waals surface area contributed by atoms with Crippen LogP contribution in [0.25, 0.3) is 0 Å². The van der Waals surface area contributed by atoms with Crippen molar-refractivity contribution in [2.24, 2.45) is 0 Å². The fourth-order valence-corrected chi connectivity index (χ4v) is 7.34. The number of halogens is 2. The first-order valence-corrected chi connectivity index (χ1v) is 13.8. The highest BCUT2D eigenvalue weighted by atomic mass is 79.9. The summed E-state index contributed by atoms with van der Waals surface area (Å²) in [6.07, 6.45) is 2.23. The fourth-order valence-electron chi connectivity index (χ4n) is 5.38. The van der Waals surface area contributed by atoms with Gasteiger partial charge in [0.25, 0.3) is 0 Å². The van der Waals surface area contributed by atoms with Crippen molar-refractivity contribution in [3.8, 4) is 11.5 Å². The Balaban J connectivity index is 2.27. The number of benzene rings is 3. The van der Waals surface area contributed by atoms with Gasteiger partial charge in [-0.15, -0.1) is 0 Å².